The van der Waals surface area contributed by atoms with E-state index in [9.17, 15) is 4.79 Å². The molecule has 1 atom stereocenters. The van der Waals surface area contributed by atoms with Gasteiger partial charge in [0.2, 0.25) is 0 Å². The standard InChI is InChI=1S/C14H20N4O2/c19-14(16-13-4-1-7-15-17-13)18-8-5-11(6-9-18)12-3-2-10-20-12/h1,4,7,11-12H,2-3,5-6,8-10H2,(H,16,17,19)/t12-/m0/s1. The van der Waals surface area contributed by atoms with E-state index in [4.69, 9.17) is 4.74 Å². The normalized spacial score (nSPS) is 23.8. The van der Waals surface area contributed by atoms with Gasteiger partial charge in [0.15, 0.2) is 5.82 Å². The van der Waals surface area contributed by atoms with Gasteiger partial charge in [-0.05, 0) is 43.7 Å². The Morgan fingerprint density at radius 3 is 2.85 bits per heavy atom. The zero-order valence-electron chi connectivity index (χ0n) is 11.5. The zero-order valence-corrected chi connectivity index (χ0v) is 11.5. The van der Waals surface area contributed by atoms with Crippen molar-refractivity contribution < 1.29 is 9.53 Å². The number of likely N-dealkylation sites (tertiary alicyclic amines) is 1. The molecule has 2 aliphatic heterocycles. The van der Waals surface area contributed by atoms with Gasteiger partial charge in [0, 0.05) is 25.9 Å². The molecule has 0 aromatic carbocycles. The summed E-state index contributed by atoms with van der Waals surface area (Å²) >= 11 is 0. The second kappa shape index (κ2) is 6.17. The van der Waals surface area contributed by atoms with Crippen molar-refractivity contribution in [2.75, 3.05) is 25.0 Å². The Morgan fingerprint density at radius 1 is 1.35 bits per heavy atom. The minimum atomic E-state index is -0.0868. The molecule has 0 unspecified atom stereocenters. The molecule has 0 radical (unpaired) electrons. The molecule has 0 aliphatic carbocycles. The van der Waals surface area contributed by atoms with Gasteiger partial charge in [0.25, 0.3) is 0 Å². The molecule has 20 heavy (non-hydrogen) atoms. The lowest BCUT2D eigenvalue weighted by Crippen LogP contribution is -2.43. The first kappa shape index (κ1) is 13.3. The van der Waals surface area contributed by atoms with Gasteiger partial charge < -0.3 is 9.64 Å². The third-order valence-electron chi connectivity index (χ3n) is 4.12. The first-order valence-corrected chi connectivity index (χ1v) is 7.28. The molecule has 2 aliphatic rings. The first-order valence-electron chi connectivity index (χ1n) is 7.28. The van der Waals surface area contributed by atoms with Crippen molar-refractivity contribution in [3.63, 3.8) is 0 Å². The Balaban J connectivity index is 1.49. The number of ether oxygens (including phenoxy) is 1. The molecule has 1 aromatic heterocycles. The van der Waals surface area contributed by atoms with E-state index in [0.29, 0.717) is 17.8 Å². The molecule has 2 saturated heterocycles. The molecule has 6 nitrogen and oxygen atoms in total. The highest BCUT2D eigenvalue weighted by Gasteiger charge is 2.30. The summed E-state index contributed by atoms with van der Waals surface area (Å²) in [6.07, 6.45) is 6.41. The molecule has 1 N–H and O–H groups in total. The van der Waals surface area contributed by atoms with Crippen LogP contribution in [0.4, 0.5) is 10.6 Å². The number of urea groups is 1. The maximum atomic E-state index is 12.1. The number of hydrogen-bond donors (Lipinski definition) is 1. The predicted octanol–water partition coefficient (Wildman–Crippen LogP) is 1.90. The maximum absolute atomic E-state index is 12.1. The lowest BCUT2D eigenvalue weighted by Gasteiger charge is -2.34. The largest absolute Gasteiger partial charge is 0.378 e. The van der Waals surface area contributed by atoms with E-state index in [2.05, 4.69) is 15.5 Å². The van der Waals surface area contributed by atoms with Crippen LogP contribution in [0.15, 0.2) is 18.3 Å². The molecule has 0 saturated carbocycles. The molecule has 0 spiro atoms. The Labute approximate surface area is 118 Å². The number of aromatic nitrogens is 2. The SMILES string of the molecule is O=C(Nc1cccnn1)N1CCC([C@@H]2CCCO2)CC1. The van der Waals surface area contributed by atoms with E-state index < -0.39 is 0 Å². The summed E-state index contributed by atoms with van der Waals surface area (Å²) < 4.78 is 5.75. The molecular formula is C14H20N4O2. The third-order valence-corrected chi connectivity index (χ3v) is 4.12. The van der Waals surface area contributed by atoms with E-state index >= 15 is 0 Å². The number of rotatable bonds is 2. The van der Waals surface area contributed by atoms with Gasteiger partial charge in [0.1, 0.15) is 0 Å². The fourth-order valence-electron chi connectivity index (χ4n) is 3.01. The number of carbonyl (C=O) groups is 1. The van der Waals surface area contributed by atoms with E-state index in [-0.39, 0.29) is 6.03 Å². The first-order chi connectivity index (χ1) is 9.83. The smallest absolute Gasteiger partial charge is 0.323 e. The van der Waals surface area contributed by atoms with Gasteiger partial charge in [-0.25, -0.2) is 4.79 Å². The molecule has 6 heteroatoms. The van der Waals surface area contributed by atoms with Crippen LogP contribution in [-0.2, 0) is 4.74 Å². The molecule has 2 fully saturated rings. The number of piperidine rings is 1. The number of hydrogen-bond acceptors (Lipinski definition) is 4. The molecule has 3 rings (SSSR count). The number of amides is 2. The Kier molecular flexibility index (Phi) is 4.11. The van der Waals surface area contributed by atoms with Crippen molar-refractivity contribution in [3.05, 3.63) is 18.3 Å². The summed E-state index contributed by atoms with van der Waals surface area (Å²) in [6, 6.07) is 3.41. The van der Waals surface area contributed by atoms with Crippen LogP contribution in [0.3, 0.4) is 0 Å². The lowest BCUT2D eigenvalue weighted by atomic mass is 9.90. The van der Waals surface area contributed by atoms with E-state index in [1.165, 1.54) is 12.8 Å². The van der Waals surface area contributed by atoms with Crippen LogP contribution in [0.25, 0.3) is 0 Å². The van der Waals surface area contributed by atoms with Crippen molar-refractivity contribution in [1.82, 2.24) is 15.1 Å². The topological polar surface area (TPSA) is 67.4 Å². The van der Waals surface area contributed by atoms with Crippen LogP contribution in [-0.4, -0.2) is 46.9 Å². The van der Waals surface area contributed by atoms with Crippen molar-refractivity contribution >= 4 is 11.8 Å². The summed E-state index contributed by atoms with van der Waals surface area (Å²) in [5, 5.41) is 10.4. The van der Waals surface area contributed by atoms with Gasteiger partial charge in [-0.1, -0.05) is 0 Å². The van der Waals surface area contributed by atoms with Crippen molar-refractivity contribution in [3.8, 4) is 0 Å². The molecule has 108 valence electrons. The minimum Gasteiger partial charge on any atom is -0.378 e. The lowest BCUT2D eigenvalue weighted by molar-refractivity contribution is 0.0382. The number of nitrogens with one attached hydrogen (secondary N) is 1. The van der Waals surface area contributed by atoms with Gasteiger partial charge in [-0.2, -0.15) is 5.10 Å². The summed E-state index contributed by atoms with van der Waals surface area (Å²) in [7, 11) is 0. The minimum absolute atomic E-state index is 0.0868. The van der Waals surface area contributed by atoms with Crippen LogP contribution in [0.5, 0.6) is 0 Å². The van der Waals surface area contributed by atoms with E-state index in [1.54, 1.807) is 18.3 Å². The van der Waals surface area contributed by atoms with Crippen LogP contribution >= 0.6 is 0 Å². The van der Waals surface area contributed by atoms with Crippen molar-refractivity contribution in [2.24, 2.45) is 5.92 Å². The molecular weight excluding hydrogens is 256 g/mol. The number of carbonyl (C=O) groups excluding carboxylic acids is 1. The zero-order chi connectivity index (χ0) is 13.8. The highest BCUT2D eigenvalue weighted by atomic mass is 16.5. The second-order valence-corrected chi connectivity index (χ2v) is 5.42. The summed E-state index contributed by atoms with van der Waals surface area (Å²) in [4.78, 5) is 14.0. The molecule has 3 heterocycles. The highest BCUT2D eigenvalue weighted by molar-refractivity contribution is 5.88. The fourth-order valence-corrected chi connectivity index (χ4v) is 3.01. The van der Waals surface area contributed by atoms with Gasteiger partial charge in [-0.15, -0.1) is 5.10 Å². The number of nitrogens with zero attached hydrogens (tertiary/aromatic N) is 3. The van der Waals surface area contributed by atoms with Crippen LogP contribution in [0.1, 0.15) is 25.7 Å². The summed E-state index contributed by atoms with van der Waals surface area (Å²) in [6.45, 7) is 2.48. The van der Waals surface area contributed by atoms with Gasteiger partial charge in [-0.3, -0.25) is 5.32 Å². The van der Waals surface area contributed by atoms with Gasteiger partial charge >= 0.3 is 6.03 Å². The Bertz CT molecular complexity index is 440. The molecule has 2 amide bonds. The summed E-state index contributed by atoms with van der Waals surface area (Å²) in [5.74, 6) is 1.11. The highest BCUT2D eigenvalue weighted by Crippen LogP contribution is 2.28. The predicted molar refractivity (Wildman–Crippen MR) is 74.3 cm³/mol. The average Bonchev–Trinajstić information content (AvgIpc) is 3.03. The van der Waals surface area contributed by atoms with Gasteiger partial charge in [0.05, 0.1) is 6.10 Å². The third kappa shape index (κ3) is 3.07. The van der Waals surface area contributed by atoms with Crippen LogP contribution in [0.2, 0.25) is 0 Å². The quantitative estimate of drug-likeness (QED) is 0.896. The summed E-state index contributed by atoms with van der Waals surface area (Å²) in [5.41, 5.74) is 0. The fraction of sp³-hybridized carbons (Fsp3) is 0.643. The molecule has 0 bridgehead atoms. The van der Waals surface area contributed by atoms with E-state index in [1.807, 2.05) is 4.90 Å². The second-order valence-electron chi connectivity index (χ2n) is 5.42. The number of anilines is 1. The maximum Gasteiger partial charge on any atom is 0.323 e. The average molecular weight is 276 g/mol. The Hall–Kier alpha value is -1.69. The molecule has 1 aromatic rings. The van der Waals surface area contributed by atoms with Crippen molar-refractivity contribution in [1.29, 1.82) is 0 Å². The van der Waals surface area contributed by atoms with E-state index in [0.717, 1.165) is 32.5 Å². The monoisotopic (exact) mass is 276 g/mol. The Morgan fingerprint density at radius 2 is 2.20 bits per heavy atom. The van der Waals surface area contributed by atoms with Crippen LogP contribution < -0.4 is 5.32 Å². The van der Waals surface area contributed by atoms with Crippen molar-refractivity contribution in [2.45, 2.75) is 31.8 Å². The van der Waals surface area contributed by atoms with Crippen LogP contribution in [0, 0.1) is 5.92 Å².